The van der Waals surface area contributed by atoms with Crippen molar-refractivity contribution in [3.8, 4) is 6.07 Å². The molecular weight excluding hydrogens is 258 g/mol. The number of anilines is 1. The Morgan fingerprint density at radius 1 is 1.32 bits per heavy atom. The number of benzene rings is 1. The number of halogens is 1. The lowest BCUT2D eigenvalue weighted by molar-refractivity contribution is 0.993. The van der Waals surface area contributed by atoms with Crippen LogP contribution in [0.5, 0.6) is 0 Å². The van der Waals surface area contributed by atoms with Gasteiger partial charge in [0.1, 0.15) is 11.0 Å². The smallest absolute Gasteiger partial charge is 0.132 e. The van der Waals surface area contributed by atoms with E-state index in [1.54, 1.807) is 12.1 Å². The van der Waals surface area contributed by atoms with E-state index in [1.165, 1.54) is 11.1 Å². The third-order valence-electron chi connectivity index (χ3n) is 2.88. The molecule has 0 fully saturated rings. The van der Waals surface area contributed by atoms with Gasteiger partial charge in [-0.05, 0) is 36.6 Å². The highest BCUT2D eigenvalue weighted by Crippen LogP contribution is 2.14. The first-order valence-corrected chi connectivity index (χ1v) is 6.43. The normalized spacial score (nSPS) is 9.95. The number of hydrogen-bond acceptors (Lipinski definition) is 3. The standard InChI is InChI=1S/C15H14ClN3/c1-11-4-2-3-5-13(11)6-7-18-15-9-12(10-17)8-14(16)19-15/h2-5,8-9H,6-7H2,1H3,(H,18,19). The van der Waals surface area contributed by atoms with E-state index in [2.05, 4.69) is 35.4 Å². The van der Waals surface area contributed by atoms with Gasteiger partial charge >= 0.3 is 0 Å². The van der Waals surface area contributed by atoms with Gasteiger partial charge in [-0.25, -0.2) is 4.98 Å². The molecule has 96 valence electrons. The van der Waals surface area contributed by atoms with Crippen molar-refractivity contribution in [3.05, 3.63) is 58.2 Å². The van der Waals surface area contributed by atoms with Crippen LogP contribution in [0.15, 0.2) is 36.4 Å². The van der Waals surface area contributed by atoms with Gasteiger partial charge in [0.15, 0.2) is 0 Å². The number of nitriles is 1. The summed E-state index contributed by atoms with van der Waals surface area (Å²) in [7, 11) is 0. The summed E-state index contributed by atoms with van der Waals surface area (Å²) in [4.78, 5) is 4.14. The molecule has 2 rings (SSSR count). The molecule has 0 aliphatic heterocycles. The topological polar surface area (TPSA) is 48.7 Å². The second kappa shape index (κ2) is 6.21. The molecule has 0 spiro atoms. The number of hydrogen-bond donors (Lipinski definition) is 1. The van der Waals surface area contributed by atoms with Crippen LogP contribution < -0.4 is 5.32 Å². The van der Waals surface area contributed by atoms with Crippen LogP contribution in [0.1, 0.15) is 16.7 Å². The van der Waals surface area contributed by atoms with Crippen molar-refractivity contribution in [2.45, 2.75) is 13.3 Å². The Hall–Kier alpha value is -2.05. The molecule has 4 heteroatoms. The van der Waals surface area contributed by atoms with Gasteiger partial charge in [-0.2, -0.15) is 5.26 Å². The predicted octanol–water partition coefficient (Wildman–Crippen LogP) is 3.57. The maximum absolute atomic E-state index is 8.86. The maximum Gasteiger partial charge on any atom is 0.132 e. The summed E-state index contributed by atoms with van der Waals surface area (Å²) in [5.41, 5.74) is 3.09. The number of nitrogens with one attached hydrogen (secondary N) is 1. The number of aromatic nitrogens is 1. The summed E-state index contributed by atoms with van der Waals surface area (Å²) in [5.74, 6) is 0.637. The Morgan fingerprint density at radius 2 is 2.11 bits per heavy atom. The monoisotopic (exact) mass is 271 g/mol. The molecule has 0 amide bonds. The highest BCUT2D eigenvalue weighted by molar-refractivity contribution is 6.29. The Morgan fingerprint density at radius 3 is 2.84 bits per heavy atom. The zero-order chi connectivity index (χ0) is 13.7. The fourth-order valence-corrected chi connectivity index (χ4v) is 2.08. The van der Waals surface area contributed by atoms with E-state index in [0.717, 1.165) is 13.0 Å². The van der Waals surface area contributed by atoms with Crippen LogP contribution in [-0.4, -0.2) is 11.5 Å². The van der Waals surface area contributed by atoms with Crippen LogP contribution in [0.25, 0.3) is 0 Å². The second-order valence-corrected chi connectivity index (χ2v) is 4.67. The Balaban J connectivity index is 1.98. The summed E-state index contributed by atoms with van der Waals surface area (Å²) in [6.45, 7) is 2.85. The highest BCUT2D eigenvalue weighted by atomic mass is 35.5. The highest BCUT2D eigenvalue weighted by Gasteiger charge is 2.01. The van der Waals surface area contributed by atoms with Crippen LogP contribution in [0.3, 0.4) is 0 Å². The average Bonchev–Trinajstić information content (AvgIpc) is 2.40. The zero-order valence-corrected chi connectivity index (χ0v) is 11.4. The second-order valence-electron chi connectivity index (χ2n) is 4.28. The van der Waals surface area contributed by atoms with Gasteiger partial charge in [0.05, 0.1) is 11.6 Å². The van der Waals surface area contributed by atoms with Crippen LogP contribution in [0, 0.1) is 18.3 Å². The van der Waals surface area contributed by atoms with Gasteiger partial charge in [0.2, 0.25) is 0 Å². The Bertz CT molecular complexity index is 617. The molecule has 1 N–H and O–H groups in total. The van der Waals surface area contributed by atoms with Gasteiger partial charge in [-0.1, -0.05) is 35.9 Å². The van der Waals surface area contributed by atoms with Crippen molar-refractivity contribution in [1.82, 2.24) is 4.98 Å². The summed E-state index contributed by atoms with van der Waals surface area (Å²) >= 11 is 5.85. The van der Waals surface area contributed by atoms with Crippen LogP contribution >= 0.6 is 11.6 Å². The quantitative estimate of drug-likeness (QED) is 0.865. The molecule has 0 saturated carbocycles. The minimum atomic E-state index is 0.331. The van der Waals surface area contributed by atoms with E-state index in [4.69, 9.17) is 16.9 Å². The Labute approximate surface area is 117 Å². The third kappa shape index (κ3) is 3.70. The van der Waals surface area contributed by atoms with E-state index in [1.807, 2.05) is 12.1 Å². The largest absolute Gasteiger partial charge is 0.370 e. The first-order valence-electron chi connectivity index (χ1n) is 6.05. The summed E-state index contributed by atoms with van der Waals surface area (Å²) in [6, 6.07) is 13.6. The predicted molar refractivity (Wildman–Crippen MR) is 77.3 cm³/mol. The van der Waals surface area contributed by atoms with Crippen molar-refractivity contribution in [1.29, 1.82) is 5.26 Å². The molecule has 19 heavy (non-hydrogen) atoms. The van der Waals surface area contributed by atoms with E-state index in [0.29, 0.717) is 16.5 Å². The Kier molecular flexibility index (Phi) is 4.38. The van der Waals surface area contributed by atoms with E-state index in [9.17, 15) is 0 Å². The molecular formula is C15H14ClN3. The molecule has 0 atom stereocenters. The lowest BCUT2D eigenvalue weighted by atomic mass is 10.1. The van der Waals surface area contributed by atoms with Crippen molar-refractivity contribution >= 4 is 17.4 Å². The van der Waals surface area contributed by atoms with Crippen molar-refractivity contribution in [3.63, 3.8) is 0 Å². The summed E-state index contributed by atoms with van der Waals surface area (Å²) in [6.07, 6.45) is 0.906. The van der Waals surface area contributed by atoms with Crippen molar-refractivity contribution < 1.29 is 0 Å². The van der Waals surface area contributed by atoms with Gasteiger partial charge in [-0.3, -0.25) is 0 Å². The lowest BCUT2D eigenvalue weighted by Crippen LogP contribution is -2.07. The molecule has 0 aliphatic rings. The SMILES string of the molecule is Cc1ccccc1CCNc1cc(C#N)cc(Cl)n1. The number of aryl methyl sites for hydroxylation is 1. The zero-order valence-electron chi connectivity index (χ0n) is 10.7. The molecule has 1 aromatic heterocycles. The molecule has 2 aromatic rings. The number of rotatable bonds is 4. The van der Waals surface area contributed by atoms with Crippen LogP contribution in [-0.2, 0) is 6.42 Å². The molecule has 3 nitrogen and oxygen atoms in total. The molecule has 0 radical (unpaired) electrons. The van der Waals surface area contributed by atoms with Crippen molar-refractivity contribution in [2.75, 3.05) is 11.9 Å². The van der Waals surface area contributed by atoms with Crippen molar-refractivity contribution in [2.24, 2.45) is 0 Å². The molecule has 1 aromatic carbocycles. The van der Waals surface area contributed by atoms with Gasteiger partial charge in [0, 0.05) is 6.54 Å². The first-order chi connectivity index (χ1) is 9.19. The number of nitrogens with zero attached hydrogens (tertiary/aromatic N) is 2. The van der Waals surface area contributed by atoms with E-state index >= 15 is 0 Å². The average molecular weight is 272 g/mol. The minimum Gasteiger partial charge on any atom is -0.370 e. The van der Waals surface area contributed by atoms with E-state index < -0.39 is 0 Å². The van der Waals surface area contributed by atoms with Crippen LogP contribution in [0.4, 0.5) is 5.82 Å². The van der Waals surface area contributed by atoms with E-state index in [-0.39, 0.29) is 0 Å². The fraction of sp³-hybridized carbons (Fsp3) is 0.200. The maximum atomic E-state index is 8.86. The summed E-state index contributed by atoms with van der Waals surface area (Å²) in [5, 5.41) is 12.4. The molecule has 0 aliphatic carbocycles. The first kappa shape index (κ1) is 13.4. The molecule has 1 heterocycles. The third-order valence-corrected chi connectivity index (χ3v) is 3.08. The lowest BCUT2D eigenvalue weighted by Gasteiger charge is -2.08. The summed E-state index contributed by atoms with van der Waals surface area (Å²) < 4.78 is 0. The molecule has 0 saturated heterocycles. The van der Waals surface area contributed by atoms with Gasteiger partial charge < -0.3 is 5.32 Å². The van der Waals surface area contributed by atoms with Gasteiger partial charge in [0.25, 0.3) is 0 Å². The number of pyridine rings is 1. The van der Waals surface area contributed by atoms with Gasteiger partial charge in [-0.15, -0.1) is 0 Å². The van der Waals surface area contributed by atoms with Crippen LogP contribution in [0.2, 0.25) is 5.15 Å². The fourth-order valence-electron chi connectivity index (χ4n) is 1.87. The molecule has 0 unspecified atom stereocenters. The molecule has 0 bridgehead atoms. The minimum absolute atomic E-state index is 0.331.